The molecule has 1 saturated carbocycles. The standard InChI is InChI=1S/C20H24F3N7O2/c1-18(2)14(6-19(18,3)31)29-15-12(7-24)9-26-17(30-15)27-10-13-8-25-11-28-16(13)32-5-4-20(21,22)23/h8-9,11,14,31H,4-6,10H2,1-3H3,(H2,26,27,29,30)/t14-,19+/m1/s1. The normalized spacial score (nSPS) is 21.9. The first-order chi connectivity index (χ1) is 14.9. The number of nitriles is 1. The van der Waals surface area contributed by atoms with Crippen molar-refractivity contribution in [3.63, 3.8) is 0 Å². The Morgan fingerprint density at radius 2 is 2.03 bits per heavy atom. The first-order valence-electron chi connectivity index (χ1n) is 9.91. The Balaban J connectivity index is 1.68. The maximum Gasteiger partial charge on any atom is 0.392 e. The molecule has 0 amide bonds. The Kier molecular flexibility index (Phi) is 6.41. The molecule has 0 saturated heterocycles. The van der Waals surface area contributed by atoms with Gasteiger partial charge in [0, 0.05) is 24.2 Å². The van der Waals surface area contributed by atoms with Crippen LogP contribution in [0, 0.1) is 16.7 Å². The highest BCUT2D eigenvalue weighted by molar-refractivity contribution is 5.55. The van der Waals surface area contributed by atoms with Gasteiger partial charge in [0.25, 0.3) is 0 Å². The van der Waals surface area contributed by atoms with Crippen LogP contribution in [0.1, 0.15) is 44.7 Å². The average molecular weight is 451 g/mol. The van der Waals surface area contributed by atoms with Crippen LogP contribution in [0.2, 0.25) is 0 Å². The minimum Gasteiger partial charge on any atom is -0.477 e. The highest BCUT2D eigenvalue weighted by Crippen LogP contribution is 2.50. The summed E-state index contributed by atoms with van der Waals surface area (Å²) in [4.78, 5) is 16.2. The number of hydrogen-bond donors (Lipinski definition) is 3. The fraction of sp³-hybridized carbons (Fsp3) is 0.550. The molecule has 172 valence electrons. The second-order valence-corrected chi connectivity index (χ2v) is 8.38. The van der Waals surface area contributed by atoms with E-state index in [-0.39, 0.29) is 30.0 Å². The van der Waals surface area contributed by atoms with Crippen LogP contribution in [0.15, 0.2) is 18.7 Å². The van der Waals surface area contributed by atoms with E-state index in [1.54, 1.807) is 6.92 Å². The lowest BCUT2D eigenvalue weighted by molar-refractivity contribution is -0.143. The second kappa shape index (κ2) is 8.74. The van der Waals surface area contributed by atoms with Crippen LogP contribution in [-0.2, 0) is 6.54 Å². The molecule has 0 unspecified atom stereocenters. The Morgan fingerprint density at radius 3 is 2.66 bits per heavy atom. The molecule has 2 heterocycles. The fourth-order valence-electron chi connectivity index (χ4n) is 3.25. The van der Waals surface area contributed by atoms with Crippen molar-refractivity contribution in [3.05, 3.63) is 29.8 Å². The zero-order valence-corrected chi connectivity index (χ0v) is 17.9. The fourth-order valence-corrected chi connectivity index (χ4v) is 3.25. The van der Waals surface area contributed by atoms with E-state index in [0.29, 0.717) is 17.8 Å². The molecule has 1 aliphatic carbocycles. The molecule has 0 spiro atoms. The molecule has 1 aliphatic rings. The molecule has 32 heavy (non-hydrogen) atoms. The first kappa shape index (κ1) is 23.5. The topological polar surface area (TPSA) is 129 Å². The molecule has 3 N–H and O–H groups in total. The lowest BCUT2D eigenvalue weighted by Crippen LogP contribution is -2.64. The zero-order valence-electron chi connectivity index (χ0n) is 17.9. The number of anilines is 2. The molecule has 2 aromatic heterocycles. The number of alkyl halides is 3. The number of rotatable bonds is 8. The maximum absolute atomic E-state index is 12.4. The third-order valence-electron chi connectivity index (χ3n) is 5.89. The van der Waals surface area contributed by atoms with Crippen LogP contribution in [0.3, 0.4) is 0 Å². The van der Waals surface area contributed by atoms with Crippen molar-refractivity contribution in [3.8, 4) is 11.9 Å². The molecular weight excluding hydrogens is 427 g/mol. The van der Waals surface area contributed by atoms with Crippen molar-refractivity contribution < 1.29 is 23.0 Å². The molecule has 1 fully saturated rings. The Bertz CT molecular complexity index is 1010. The first-order valence-corrected chi connectivity index (χ1v) is 9.91. The quantitative estimate of drug-likeness (QED) is 0.554. The number of hydrogen-bond acceptors (Lipinski definition) is 9. The Hall–Kier alpha value is -3.20. The summed E-state index contributed by atoms with van der Waals surface area (Å²) in [6.45, 7) is 5.15. The summed E-state index contributed by atoms with van der Waals surface area (Å²) in [5.41, 5.74) is -0.589. The number of nitrogens with zero attached hydrogens (tertiary/aromatic N) is 5. The third kappa shape index (κ3) is 5.16. The summed E-state index contributed by atoms with van der Waals surface area (Å²) in [6, 6.07) is 1.94. The lowest BCUT2D eigenvalue weighted by atomic mass is 9.56. The average Bonchev–Trinajstić information content (AvgIpc) is 2.72. The zero-order chi connectivity index (χ0) is 23.6. The van der Waals surface area contributed by atoms with E-state index in [1.807, 2.05) is 19.9 Å². The number of aliphatic hydroxyl groups is 1. The van der Waals surface area contributed by atoms with Gasteiger partial charge in [-0.3, -0.25) is 0 Å². The van der Waals surface area contributed by atoms with E-state index >= 15 is 0 Å². The van der Waals surface area contributed by atoms with Gasteiger partial charge in [-0.15, -0.1) is 0 Å². The monoisotopic (exact) mass is 451 g/mol. The molecule has 2 aromatic rings. The van der Waals surface area contributed by atoms with Crippen LogP contribution >= 0.6 is 0 Å². The SMILES string of the molecule is CC1(C)[C@H](Nc2nc(NCc3cncnc3OCCC(F)(F)F)ncc2C#N)C[C@]1(C)O. The van der Waals surface area contributed by atoms with Gasteiger partial charge in [0.2, 0.25) is 11.8 Å². The van der Waals surface area contributed by atoms with Gasteiger partial charge in [-0.25, -0.2) is 15.0 Å². The van der Waals surface area contributed by atoms with Crippen molar-refractivity contribution in [2.45, 2.75) is 58.0 Å². The minimum absolute atomic E-state index is 0.0298. The summed E-state index contributed by atoms with van der Waals surface area (Å²) in [5.74, 6) is 0.548. The molecule has 0 radical (unpaired) electrons. The van der Waals surface area contributed by atoms with Crippen molar-refractivity contribution in [1.29, 1.82) is 5.26 Å². The van der Waals surface area contributed by atoms with E-state index < -0.39 is 30.2 Å². The van der Waals surface area contributed by atoms with Gasteiger partial charge in [-0.1, -0.05) is 13.8 Å². The predicted molar refractivity (Wildman–Crippen MR) is 109 cm³/mol. The summed E-state index contributed by atoms with van der Waals surface area (Å²) in [5, 5.41) is 25.9. The number of nitrogens with one attached hydrogen (secondary N) is 2. The maximum atomic E-state index is 12.4. The second-order valence-electron chi connectivity index (χ2n) is 8.38. The number of ether oxygens (including phenoxy) is 1. The lowest BCUT2D eigenvalue weighted by Gasteiger charge is -2.57. The number of aromatic nitrogens is 4. The van der Waals surface area contributed by atoms with E-state index in [2.05, 4.69) is 30.6 Å². The Labute approximate surface area is 183 Å². The smallest absolute Gasteiger partial charge is 0.392 e. The largest absolute Gasteiger partial charge is 0.477 e. The molecule has 2 atom stereocenters. The van der Waals surface area contributed by atoms with Crippen LogP contribution in [-0.4, -0.2) is 49.5 Å². The van der Waals surface area contributed by atoms with Crippen LogP contribution < -0.4 is 15.4 Å². The molecular formula is C20H24F3N7O2. The van der Waals surface area contributed by atoms with E-state index in [4.69, 9.17) is 4.74 Å². The van der Waals surface area contributed by atoms with Crippen molar-refractivity contribution in [1.82, 2.24) is 19.9 Å². The highest BCUT2D eigenvalue weighted by atomic mass is 19.4. The minimum atomic E-state index is -4.33. The summed E-state index contributed by atoms with van der Waals surface area (Å²) in [6.07, 6.45) is -0.955. The molecule has 12 heteroatoms. The molecule has 9 nitrogen and oxygen atoms in total. The molecule has 0 aliphatic heterocycles. The van der Waals surface area contributed by atoms with Gasteiger partial charge in [-0.05, 0) is 13.3 Å². The van der Waals surface area contributed by atoms with E-state index in [9.17, 15) is 23.5 Å². The van der Waals surface area contributed by atoms with Crippen molar-refractivity contribution in [2.75, 3.05) is 17.2 Å². The van der Waals surface area contributed by atoms with E-state index in [0.717, 1.165) is 0 Å². The molecule has 3 rings (SSSR count). The third-order valence-corrected chi connectivity index (χ3v) is 5.89. The van der Waals surface area contributed by atoms with Gasteiger partial charge in [0.1, 0.15) is 23.8 Å². The van der Waals surface area contributed by atoms with Crippen LogP contribution in [0.5, 0.6) is 5.88 Å². The predicted octanol–water partition coefficient (Wildman–Crippen LogP) is 3.04. The van der Waals surface area contributed by atoms with Gasteiger partial charge in [0.05, 0.1) is 30.4 Å². The molecule has 0 aromatic carbocycles. The summed E-state index contributed by atoms with van der Waals surface area (Å²) >= 11 is 0. The van der Waals surface area contributed by atoms with Gasteiger partial charge >= 0.3 is 6.18 Å². The van der Waals surface area contributed by atoms with Crippen LogP contribution in [0.25, 0.3) is 0 Å². The van der Waals surface area contributed by atoms with Crippen LogP contribution in [0.4, 0.5) is 24.9 Å². The van der Waals surface area contributed by atoms with Crippen molar-refractivity contribution >= 4 is 11.8 Å². The van der Waals surface area contributed by atoms with Gasteiger partial charge in [-0.2, -0.15) is 23.4 Å². The summed E-state index contributed by atoms with van der Waals surface area (Å²) in [7, 11) is 0. The van der Waals surface area contributed by atoms with Gasteiger partial charge in [0.15, 0.2) is 0 Å². The van der Waals surface area contributed by atoms with Crippen molar-refractivity contribution in [2.24, 2.45) is 5.41 Å². The number of halogens is 3. The Morgan fingerprint density at radius 1 is 1.28 bits per heavy atom. The van der Waals surface area contributed by atoms with Gasteiger partial charge < -0.3 is 20.5 Å². The summed E-state index contributed by atoms with van der Waals surface area (Å²) < 4.78 is 42.2. The van der Waals surface area contributed by atoms with E-state index in [1.165, 1.54) is 18.7 Å². The highest BCUT2D eigenvalue weighted by Gasteiger charge is 2.56. The molecule has 0 bridgehead atoms.